The number of methoxy groups -OCH3 is 1. The molecule has 3 heteroatoms. The molecule has 2 rings (SSSR count). The maximum Gasteiger partial charge on any atom is 0.322 e. The molecular formula is C19H23NO2. The summed E-state index contributed by atoms with van der Waals surface area (Å²) in [4.78, 5) is 11.2. The van der Waals surface area contributed by atoms with Crippen molar-refractivity contribution in [2.45, 2.75) is 31.7 Å². The number of benzene rings is 2. The molecule has 0 aliphatic carbocycles. The zero-order chi connectivity index (χ0) is 15.8. The molecule has 0 radical (unpaired) electrons. The van der Waals surface area contributed by atoms with Crippen molar-refractivity contribution in [1.82, 2.24) is 0 Å². The molecule has 0 fully saturated rings. The first-order valence-electron chi connectivity index (χ1n) is 7.68. The highest BCUT2D eigenvalue weighted by Gasteiger charge is 2.12. The Bertz CT molecular complexity index is 578. The van der Waals surface area contributed by atoms with Gasteiger partial charge >= 0.3 is 5.97 Å². The lowest BCUT2D eigenvalue weighted by Gasteiger charge is -2.09. The minimum absolute atomic E-state index is 0.327. The van der Waals surface area contributed by atoms with E-state index in [2.05, 4.69) is 41.1 Å². The van der Waals surface area contributed by atoms with Crippen LogP contribution in [-0.2, 0) is 16.0 Å². The van der Waals surface area contributed by atoms with Crippen LogP contribution < -0.4 is 5.73 Å². The number of rotatable bonds is 7. The van der Waals surface area contributed by atoms with Crippen LogP contribution in [0, 0.1) is 0 Å². The van der Waals surface area contributed by atoms with Crippen molar-refractivity contribution < 1.29 is 9.53 Å². The smallest absolute Gasteiger partial charge is 0.322 e. The van der Waals surface area contributed by atoms with Crippen molar-refractivity contribution in [2.75, 3.05) is 7.11 Å². The maximum atomic E-state index is 11.2. The molecule has 22 heavy (non-hydrogen) atoms. The fourth-order valence-corrected chi connectivity index (χ4v) is 2.46. The van der Waals surface area contributed by atoms with Crippen LogP contribution in [0.2, 0.25) is 0 Å². The Morgan fingerprint density at radius 2 is 1.64 bits per heavy atom. The Kier molecular flexibility index (Phi) is 6.16. The minimum Gasteiger partial charge on any atom is -0.468 e. The van der Waals surface area contributed by atoms with Crippen molar-refractivity contribution in [2.24, 2.45) is 5.73 Å². The monoisotopic (exact) mass is 297 g/mol. The lowest BCUT2D eigenvalue weighted by atomic mass is 10.0. The number of ether oxygens (including phenoxy) is 1. The molecule has 0 amide bonds. The van der Waals surface area contributed by atoms with Gasteiger partial charge in [0.25, 0.3) is 0 Å². The highest BCUT2D eigenvalue weighted by atomic mass is 16.5. The van der Waals surface area contributed by atoms with Gasteiger partial charge in [0.1, 0.15) is 6.04 Å². The van der Waals surface area contributed by atoms with E-state index in [1.165, 1.54) is 23.8 Å². The summed E-state index contributed by atoms with van der Waals surface area (Å²) < 4.78 is 4.62. The summed E-state index contributed by atoms with van der Waals surface area (Å²) in [7, 11) is 1.37. The Labute approximate surface area is 132 Å². The number of esters is 1. The molecule has 2 aromatic rings. The SMILES string of the molecule is COC(=O)C(N)CCCCc1ccc(-c2ccccc2)cc1. The Morgan fingerprint density at radius 1 is 1.00 bits per heavy atom. The van der Waals surface area contributed by atoms with Gasteiger partial charge in [0.15, 0.2) is 0 Å². The molecule has 0 aliphatic heterocycles. The van der Waals surface area contributed by atoms with Crippen molar-refractivity contribution in [1.29, 1.82) is 0 Å². The highest BCUT2D eigenvalue weighted by molar-refractivity contribution is 5.75. The number of aryl methyl sites for hydroxylation is 1. The zero-order valence-electron chi connectivity index (χ0n) is 13.0. The summed E-state index contributed by atoms with van der Waals surface area (Å²) in [6.07, 6.45) is 3.63. The summed E-state index contributed by atoms with van der Waals surface area (Å²) in [5, 5.41) is 0. The average molecular weight is 297 g/mol. The molecule has 0 bridgehead atoms. The molecule has 0 aliphatic rings. The van der Waals surface area contributed by atoms with E-state index in [0.717, 1.165) is 19.3 Å². The van der Waals surface area contributed by atoms with E-state index in [-0.39, 0.29) is 5.97 Å². The van der Waals surface area contributed by atoms with E-state index in [9.17, 15) is 4.79 Å². The van der Waals surface area contributed by atoms with Gasteiger partial charge in [-0.25, -0.2) is 0 Å². The van der Waals surface area contributed by atoms with Gasteiger partial charge < -0.3 is 10.5 Å². The second kappa shape index (κ2) is 8.35. The fraction of sp³-hybridized carbons (Fsp3) is 0.316. The molecule has 0 saturated carbocycles. The summed E-state index contributed by atoms with van der Waals surface area (Å²) in [6, 6.07) is 18.5. The predicted molar refractivity (Wildman–Crippen MR) is 89.4 cm³/mol. The zero-order valence-corrected chi connectivity index (χ0v) is 13.0. The van der Waals surface area contributed by atoms with Crippen molar-refractivity contribution in [3.05, 3.63) is 60.2 Å². The maximum absolute atomic E-state index is 11.2. The lowest BCUT2D eigenvalue weighted by molar-refractivity contribution is -0.142. The molecule has 0 aromatic heterocycles. The third kappa shape index (κ3) is 4.71. The number of hydrogen-bond donors (Lipinski definition) is 1. The molecule has 3 nitrogen and oxygen atoms in total. The molecule has 116 valence electrons. The summed E-state index contributed by atoms with van der Waals surface area (Å²) in [5.41, 5.74) is 9.50. The number of hydrogen-bond acceptors (Lipinski definition) is 3. The van der Waals surface area contributed by atoms with Crippen LogP contribution >= 0.6 is 0 Å². The Morgan fingerprint density at radius 3 is 2.27 bits per heavy atom. The molecule has 2 N–H and O–H groups in total. The first kappa shape index (κ1) is 16.2. The largest absolute Gasteiger partial charge is 0.468 e. The van der Waals surface area contributed by atoms with Gasteiger partial charge in [-0.1, -0.05) is 61.0 Å². The van der Waals surface area contributed by atoms with Crippen LogP contribution in [-0.4, -0.2) is 19.1 Å². The summed E-state index contributed by atoms with van der Waals surface area (Å²) in [6.45, 7) is 0. The van der Waals surface area contributed by atoms with Gasteiger partial charge in [-0.05, 0) is 36.0 Å². The molecular weight excluding hydrogens is 274 g/mol. The second-order valence-electron chi connectivity index (χ2n) is 5.44. The topological polar surface area (TPSA) is 52.3 Å². The number of carbonyl (C=O) groups is 1. The third-order valence-electron chi connectivity index (χ3n) is 3.80. The normalized spacial score (nSPS) is 11.9. The van der Waals surface area contributed by atoms with E-state index in [1.807, 2.05) is 18.2 Å². The number of unbranched alkanes of at least 4 members (excludes halogenated alkanes) is 1. The van der Waals surface area contributed by atoms with Crippen molar-refractivity contribution >= 4 is 5.97 Å². The van der Waals surface area contributed by atoms with Gasteiger partial charge in [0.2, 0.25) is 0 Å². The van der Waals surface area contributed by atoms with Gasteiger partial charge in [0.05, 0.1) is 7.11 Å². The molecule has 1 atom stereocenters. The van der Waals surface area contributed by atoms with Gasteiger partial charge in [-0.15, -0.1) is 0 Å². The van der Waals surface area contributed by atoms with Crippen LogP contribution in [0.3, 0.4) is 0 Å². The van der Waals surface area contributed by atoms with Gasteiger partial charge in [-0.3, -0.25) is 4.79 Å². The highest BCUT2D eigenvalue weighted by Crippen LogP contribution is 2.20. The van der Waals surface area contributed by atoms with Crippen LogP contribution in [0.4, 0.5) is 0 Å². The number of carbonyl (C=O) groups excluding carboxylic acids is 1. The third-order valence-corrected chi connectivity index (χ3v) is 3.80. The van der Waals surface area contributed by atoms with Crippen molar-refractivity contribution in [3.63, 3.8) is 0 Å². The first-order valence-corrected chi connectivity index (χ1v) is 7.68. The second-order valence-corrected chi connectivity index (χ2v) is 5.44. The van der Waals surface area contributed by atoms with Crippen LogP contribution in [0.5, 0.6) is 0 Å². The Hall–Kier alpha value is -2.13. The summed E-state index contributed by atoms with van der Waals surface area (Å²) >= 11 is 0. The Balaban J connectivity index is 1.79. The van der Waals surface area contributed by atoms with E-state index >= 15 is 0 Å². The average Bonchev–Trinajstić information content (AvgIpc) is 2.59. The van der Waals surface area contributed by atoms with E-state index in [0.29, 0.717) is 6.42 Å². The van der Waals surface area contributed by atoms with Gasteiger partial charge in [-0.2, -0.15) is 0 Å². The molecule has 1 unspecified atom stereocenters. The molecule has 2 aromatic carbocycles. The molecule has 0 saturated heterocycles. The minimum atomic E-state index is -0.495. The number of nitrogens with two attached hydrogens (primary N) is 1. The quantitative estimate of drug-likeness (QED) is 0.628. The van der Waals surface area contributed by atoms with E-state index in [1.54, 1.807) is 0 Å². The molecule has 0 spiro atoms. The fourth-order valence-electron chi connectivity index (χ4n) is 2.46. The lowest BCUT2D eigenvalue weighted by Crippen LogP contribution is -2.31. The van der Waals surface area contributed by atoms with E-state index in [4.69, 9.17) is 5.73 Å². The van der Waals surface area contributed by atoms with Crippen molar-refractivity contribution in [3.8, 4) is 11.1 Å². The first-order chi connectivity index (χ1) is 10.7. The van der Waals surface area contributed by atoms with Crippen LogP contribution in [0.25, 0.3) is 11.1 Å². The van der Waals surface area contributed by atoms with E-state index < -0.39 is 6.04 Å². The summed E-state index contributed by atoms with van der Waals surface area (Å²) in [5.74, 6) is -0.327. The van der Waals surface area contributed by atoms with Crippen LogP contribution in [0.1, 0.15) is 24.8 Å². The molecule has 0 heterocycles. The predicted octanol–water partition coefficient (Wildman–Crippen LogP) is 3.57. The standard InChI is InChI=1S/C19H23NO2/c1-22-19(21)18(20)10-6-5-7-15-11-13-17(14-12-15)16-8-3-2-4-9-16/h2-4,8-9,11-14,18H,5-7,10,20H2,1H3. The van der Waals surface area contributed by atoms with Gasteiger partial charge in [0, 0.05) is 0 Å². The van der Waals surface area contributed by atoms with Crippen LogP contribution in [0.15, 0.2) is 54.6 Å².